The standard InChI is InChI=1S/C19H22F2N2OSi2/c1-25(2,3)24-26(15-23-13-12-22-14-23,18-8-4-16(20)5-9-18)19-10-6-17(21)7-11-19/h4-14H,15H2,1-3H3. The molecule has 3 nitrogen and oxygen atoms in total. The van der Waals surface area contributed by atoms with E-state index in [1.807, 2.05) is 10.8 Å². The molecule has 26 heavy (non-hydrogen) atoms. The molecule has 136 valence electrons. The first-order valence-corrected chi connectivity index (χ1v) is 14.0. The van der Waals surface area contributed by atoms with Gasteiger partial charge in [0.05, 0.1) is 6.33 Å². The van der Waals surface area contributed by atoms with Crippen molar-refractivity contribution in [2.75, 3.05) is 0 Å². The highest BCUT2D eigenvalue weighted by Crippen LogP contribution is 2.18. The normalized spacial score (nSPS) is 12.3. The van der Waals surface area contributed by atoms with Crippen molar-refractivity contribution in [1.82, 2.24) is 9.55 Å². The second-order valence-corrected chi connectivity index (χ2v) is 15.5. The third-order valence-corrected chi connectivity index (χ3v) is 11.3. The monoisotopic (exact) mass is 388 g/mol. The van der Waals surface area contributed by atoms with E-state index in [1.54, 1.807) is 36.8 Å². The number of imidazole rings is 1. The van der Waals surface area contributed by atoms with E-state index >= 15 is 0 Å². The van der Waals surface area contributed by atoms with E-state index in [2.05, 4.69) is 24.6 Å². The van der Waals surface area contributed by atoms with Gasteiger partial charge in [0.2, 0.25) is 0 Å². The maximum absolute atomic E-state index is 13.6. The number of aromatic nitrogens is 2. The highest BCUT2D eigenvalue weighted by molar-refractivity contribution is 7.01. The van der Waals surface area contributed by atoms with Crippen LogP contribution in [0.1, 0.15) is 0 Å². The molecule has 1 aromatic heterocycles. The second kappa shape index (κ2) is 7.26. The van der Waals surface area contributed by atoms with Crippen LogP contribution in [0.15, 0.2) is 67.3 Å². The van der Waals surface area contributed by atoms with Gasteiger partial charge in [-0.25, -0.2) is 13.8 Å². The molecule has 3 rings (SSSR count). The van der Waals surface area contributed by atoms with Crippen LogP contribution in [0.4, 0.5) is 8.78 Å². The third-order valence-electron chi connectivity index (χ3n) is 4.07. The first kappa shape index (κ1) is 18.7. The van der Waals surface area contributed by atoms with Crippen LogP contribution in [0.2, 0.25) is 19.6 Å². The Morgan fingerprint density at radius 1 is 0.885 bits per heavy atom. The van der Waals surface area contributed by atoms with Crippen LogP contribution in [0, 0.1) is 11.6 Å². The highest BCUT2D eigenvalue weighted by Gasteiger charge is 2.43. The lowest BCUT2D eigenvalue weighted by Crippen LogP contribution is -2.67. The van der Waals surface area contributed by atoms with Crippen molar-refractivity contribution >= 4 is 27.0 Å². The summed E-state index contributed by atoms with van der Waals surface area (Å²) < 4.78 is 35.9. The SMILES string of the molecule is C[Si](C)(C)O[Si](Cn1ccnc1)(c1ccc(F)cc1)c1ccc(F)cc1. The molecular weight excluding hydrogens is 366 g/mol. The lowest BCUT2D eigenvalue weighted by atomic mass is 10.3. The van der Waals surface area contributed by atoms with Gasteiger partial charge in [0.15, 0.2) is 8.32 Å². The van der Waals surface area contributed by atoms with Crippen molar-refractivity contribution in [1.29, 1.82) is 0 Å². The smallest absolute Gasteiger partial charge is 0.265 e. The molecule has 0 aliphatic carbocycles. The second-order valence-electron chi connectivity index (χ2n) is 7.29. The average Bonchev–Trinajstić information content (AvgIpc) is 3.07. The summed E-state index contributed by atoms with van der Waals surface area (Å²) in [7, 11) is -4.76. The van der Waals surface area contributed by atoms with E-state index in [0.717, 1.165) is 10.4 Å². The van der Waals surface area contributed by atoms with Crippen LogP contribution in [-0.4, -0.2) is 26.2 Å². The van der Waals surface area contributed by atoms with Gasteiger partial charge >= 0.3 is 0 Å². The number of nitrogens with zero attached hydrogens (tertiary/aromatic N) is 2. The average molecular weight is 389 g/mol. The molecule has 2 aromatic carbocycles. The van der Waals surface area contributed by atoms with Crippen molar-refractivity contribution in [2.24, 2.45) is 0 Å². The van der Waals surface area contributed by atoms with Crippen molar-refractivity contribution in [3.05, 3.63) is 78.9 Å². The van der Waals surface area contributed by atoms with Gasteiger partial charge in [-0.05, 0) is 54.3 Å². The molecule has 7 heteroatoms. The molecule has 0 saturated heterocycles. The van der Waals surface area contributed by atoms with Crippen LogP contribution in [0.5, 0.6) is 0 Å². The Bertz CT molecular complexity index is 799. The van der Waals surface area contributed by atoms with Crippen molar-refractivity contribution < 1.29 is 12.9 Å². The first-order valence-electron chi connectivity index (χ1n) is 8.46. The zero-order chi connectivity index (χ0) is 18.8. The molecule has 3 aromatic rings. The minimum Gasteiger partial charge on any atom is -0.448 e. The summed E-state index contributed by atoms with van der Waals surface area (Å²) in [5.41, 5.74) is 0. The molecule has 1 heterocycles. The quantitative estimate of drug-likeness (QED) is 0.606. The molecule has 0 amide bonds. The Morgan fingerprint density at radius 2 is 1.38 bits per heavy atom. The summed E-state index contributed by atoms with van der Waals surface area (Å²) in [5, 5.41) is 1.92. The number of rotatable bonds is 6. The molecule has 0 spiro atoms. The van der Waals surface area contributed by atoms with Gasteiger partial charge in [-0.3, -0.25) is 0 Å². The summed E-state index contributed by atoms with van der Waals surface area (Å²) in [6.07, 6.45) is 5.96. The summed E-state index contributed by atoms with van der Waals surface area (Å²) in [6, 6.07) is 13.0. The van der Waals surface area contributed by atoms with E-state index in [9.17, 15) is 8.78 Å². The van der Waals surface area contributed by atoms with Crippen LogP contribution in [0.3, 0.4) is 0 Å². The van der Waals surface area contributed by atoms with Gasteiger partial charge in [-0.1, -0.05) is 24.3 Å². The lowest BCUT2D eigenvalue weighted by Gasteiger charge is -2.38. The van der Waals surface area contributed by atoms with E-state index in [0.29, 0.717) is 6.17 Å². The minimum absolute atomic E-state index is 0.286. The van der Waals surface area contributed by atoms with Crippen LogP contribution in [-0.2, 0) is 10.3 Å². The van der Waals surface area contributed by atoms with Crippen molar-refractivity contribution in [3.63, 3.8) is 0 Å². The van der Waals surface area contributed by atoms with E-state index in [1.165, 1.54) is 24.3 Å². The van der Waals surface area contributed by atoms with Gasteiger partial charge in [-0.15, -0.1) is 0 Å². The Hall–Kier alpha value is -2.10. The van der Waals surface area contributed by atoms with Gasteiger partial charge < -0.3 is 8.68 Å². The number of benzene rings is 2. The van der Waals surface area contributed by atoms with Gasteiger partial charge in [0.1, 0.15) is 11.6 Å². The Balaban J connectivity index is 2.21. The molecule has 0 unspecified atom stereocenters. The summed E-state index contributed by atoms with van der Waals surface area (Å²) in [4.78, 5) is 4.14. The molecule has 0 radical (unpaired) electrons. The van der Waals surface area contributed by atoms with Crippen molar-refractivity contribution in [2.45, 2.75) is 25.8 Å². The number of hydrogen-bond donors (Lipinski definition) is 0. The fourth-order valence-electron chi connectivity index (χ4n) is 3.10. The molecule has 0 saturated carbocycles. The summed E-state index contributed by atoms with van der Waals surface area (Å²) in [5.74, 6) is -0.571. The molecule has 0 aliphatic rings. The zero-order valence-corrected chi connectivity index (χ0v) is 17.1. The van der Waals surface area contributed by atoms with Crippen LogP contribution >= 0.6 is 0 Å². The largest absolute Gasteiger partial charge is 0.448 e. The fraction of sp³-hybridized carbons (Fsp3) is 0.211. The molecule has 0 fully saturated rings. The first-order chi connectivity index (χ1) is 12.3. The molecule has 0 bridgehead atoms. The topological polar surface area (TPSA) is 27.1 Å². The van der Waals surface area contributed by atoms with Crippen molar-refractivity contribution in [3.8, 4) is 0 Å². The van der Waals surface area contributed by atoms with E-state index < -0.39 is 16.6 Å². The predicted molar refractivity (Wildman–Crippen MR) is 104 cm³/mol. The minimum atomic E-state index is -2.78. The molecule has 0 N–H and O–H groups in total. The Kier molecular flexibility index (Phi) is 5.22. The highest BCUT2D eigenvalue weighted by atomic mass is 28.4. The fourth-order valence-corrected chi connectivity index (χ4v) is 11.3. The Morgan fingerprint density at radius 3 is 1.77 bits per heavy atom. The van der Waals surface area contributed by atoms with Crippen LogP contribution in [0.25, 0.3) is 0 Å². The third kappa shape index (κ3) is 4.17. The van der Waals surface area contributed by atoms with Crippen LogP contribution < -0.4 is 10.4 Å². The molecular formula is C19H22F2N2OSi2. The van der Waals surface area contributed by atoms with E-state index in [4.69, 9.17) is 4.12 Å². The number of hydrogen-bond acceptors (Lipinski definition) is 2. The van der Waals surface area contributed by atoms with Gasteiger partial charge in [0.25, 0.3) is 8.32 Å². The van der Waals surface area contributed by atoms with Gasteiger partial charge in [0, 0.05) is 18.6 Å². The Labute approximate surface area is 154 Å². The molecule has 0 aliphatic heterocycles. The zero-order valence-electron chi connectivity index (χ0n) is 15.1. The molecule has 0 atom stereocenters. The maximum atomic E-state index is 13.6. The maximum Gasteiger partial charge on any atom is 0.265 e. The lowest BCUT2D eigenvalue weighted by molar-refractivity contribution is 0.545. The summed E-state index contributed by atoms with van der Waals surface area (Å²) in [6.45, 7) is 6.40. The van der Waals surface area contributed by atoms with E-state index in [-0.39, 0.29) is 11.6 Å². The summed E-state index contributed by atoms with van der Waals surface area (Å²) >= 11 is 0. The number of halogens is 2. The predicted octanol–water partition coefficient (Wildman–Crippen LogP) is 3.31. The van der Waals surface area contributed by atoms with Gasteiger partial charge in [-0.2, -0.15) is 0 Å².